The smallest absolute Gasteiger partial charge is 0.308 e. The number of carbonyl (C=O) groups excluding carboxylic acids is 1. The maximum atomic E-state index is 11.3. The highest BCUT2D eigenvalue weighted by Crippen LogP contribution is 2.36. The van der Waals surface area contributed by atoms with Crippen molar-refractivity contribution in [1.29, 1.82) is 0 Å². The number of hydrogen-bond acceptors (Lipinski definition) is 6. The summed E-state index contributed by atoms with van der Waals surface area (Å²) in [4.78, 5) is 25.9. The van der Waals surface area contributed by atoms with Gasteiger partial charge in [0.1, 0.15) is 12.7 Å². The van der Waals surface area contributed by atoms with Gasteiger partial charge in [0.2, 0.25) is 8.32 Å². The maximum Gasteiger partial charge on any atom is 0.308 e. The Balaban J connectivity index is 4.44. The molecule has 0 rings (SSSR count). The molecule has 0 aromatic carbocycles. The second-order valence-electron chi connectivity index (χ2n) is 5.79. The summed E-state index contributed by atoms with van der Waals surface area (Å²) in [5.41, 5.74) is 0. The summed E-state index contributed by atoms with van der Waals surface area (Å²) in [6.07, 6.45) is -0.504. The normalized spacial score (nSPS) is 14.3. The lowest BCUT2D eigenvalue weighted by Gasteiger charge is -2.35. The summed E-state index contributed by atoms with van der Waals surface area (Å²) in [6.45, 7) is 10.5. The summed E-state index contributed by atoms with van der Waals surface area (Å²) in [5, 5.41) is 0.0188. The van der Waals surface area contributed by atoms with Crippen LogP contribution in [0.1, 0.15) is 27.2 Å². The monoisotopic (exact) mass is 294 g/mol. The summed E-state index contributed by atoms with van der Waals surface area (Å²) in [6, 6.07) is 0. The first-order chi connectivity index (χ1) is 8.64. The zero-order valence-corrected chi connectivity index (χ0v) is 13.9. The molecule has 0 radical (unpaired) electrons. The molecule has 0 fully saturated rings. The topological polar surface area (TPSA) is 63.2 Å². The van der Waals surface area contributed by atoms with Crippen LogP contribution in [0.15, 0.2) is 0 Å². The third-order valence-electron chi connectivity index (χ3n) is 3.19. The van der Waals surface area contributed by atoms with Crippen molar-refractivity contribution in [3.8, 4) is 0 Å². The number of esters is 1. The minimum atomic E-state index is -2.04. The largest absolute Gasteiger partial charge is 0.469 e. The van der Waals surface area contributed by atoms with Crippen molar-refractivity contribution in [2.45, 2.75) is 51.4 Å². The van der Waals surface area contributed by atoms with Crippen LogP contribution < -0.4 is 0 Å². The predicted octanol–water partition coefficient (Wildman–Crippen LogP) is 2.45. The van der Waals surface area contributed by atoms with Gasteiger partial charge >= 0.3 is 5.97 Å². The third kappa shape index (κ3) is 7.02. The van der Waals surface area contributed by atoms with E-state index in [1.54, 1.807) is 0 Å². The molecule has 1 atom stereocenters. The first-order valence-corrected chi connectivity index (χ1v) is 9.11. The van der Waals surface area contributed by atoms with Gasteiger partial charge in [-0.05, 0) is 18.1 Å². The van der Waals surface area contributed by atoms with Crippen molar-refractivity contribution in [3.05, 3.63) is 0 Å². The molecule has 0 spiro atoms. The van der Waals surface area contributed by atoms with Crippen molar-refractivity contribution in [1.82, 2.24) is 0 Å². The lowest BCUT2D eigenvalue weighted by atomic mass is 10.2. The fourth-order valence-electron chi connectivity index (χ4n) is 0.847. The van der Waals surface area contributed by atoms with Crippen molar-refractivity contribution >= 4 is 14.3 Å². The molecule has 0 amide bonds. The fourth-order valence-corrected chi connectivity index (χ4v) is 1.47. The lowest BCUT2D eigenvalue weighted by molar-refractivity contribution is -0.327. The van der Waals surface area contributed by atoms with Crippen LogP contribution in [0, 0.1) is 0 Å². The zero-order chi connectivity index (χ0) is 15.1. The summed E-state index contributed by atoms with van der Waals surface area (Å²) >= 11 is 0. The summed E-state index contributed by atoms with van der Waals surface area (Å²) in [5.74, 6) is -0.386. The molecule has 0 heterocycles. The highest BCUT2D eigenvalue weighted by Gasteiger charge is 2.39. The van der Waals surface area contributed by atoms with Gasteiger partial charge in [0.15, 0.2) is 0 Å². The summed E-state index contributed by atoms with van der Waals surface area (Å²) < 4.78 is 10.2. The number of ether oxygens (including phenoxy) is 1. The van der Waals surface area contributed by atoms with Crippen molar-refractivity contribution in [2.75, 3.05) is 20.8 Å². The molecule has 0 aromatic heterocycles. The lowest BCUT2D eigenvalue weighted by Crippen LogP contribution is -2.42. The molecule has 0 aliphatic rings. The van der Waals surface area contributed by atoms with Crippen molar-refractivity contribution < 1.29 is 28.8 Å². The molecule has 0 saturated heterocycles. The standard InChI is InChI=1S/C12H26O6Si/c1-12(2,3)19(6,7)18-17-10(9-16-15-5)8-11(13)14-4/h10H,8-9H2,1-7H3. The fraction of sp³-hybridized carbons (Fsp3) is 0.917. The third-order valence-corrected chi connectivity index (χ3v) is 7.32. The first kappa shape index (κ1) is 18.5. The van der Waals surface area contributed by atoms with E-state index in [1.807, 2.05) is 0 Å². The minimum Gasteiger partial charge on any atom is -0.469 e. The Labute approximate surface area is 116 Å². The predicted molar refractivity (Wildman–Crippen MR) is 72.7 cm³/mol. The van der Waals surface area contributed by atoms with Crippen LogP contribution in [0.2, 0.25) is 18.1 Å². The Kier molecular flexibility index (Phi) is 7.76. The van der Waals surface area contributed by atoms with Crippen LogP contribution in [0.3, 0.4) is 0 Å². The van der Waals surface area contributed by atoms with Gasteiger partial charge in [-0.15, -0.1) is 0 Å². The van der Waals surface area contributed by atoms with E-state index in [4.69, 9.17) is 14.4 Å². The second kappa shape index (κ2) is 7.96. The highest BCUT2D eigenvalue weighted by atomic mass is 28.4. The van der Waals surface area contributed by atoms with Crippen LogP contribution in [-0.2, 0) is 28.8 Å². The van der Waals surface area contributed by atoms with Crippen LogP contribution >= 0.6 is 0 Å². The Bertz CT molecular complexity index is 274. The van der Waals surface area contributed by atoms with Crippen LogP contribution in [0.25, 0.3) is 0 Å². The average Bonchev–Trinajstić information content (AvgIpc) is 2.30. The number of rotatable bonds is 8. The van der Waals surface area contributed by atoms with Gasteiger partial charge in [0.25, 0.3) is 0 Å². The average molecular weight is 294 g/mol. The molecule has 0 aliphatic heterocycles. The maximum absolute atomic E-state index is 11.3. The molecule has 0 bridgehead atoms. The van der Waals surface area contributed by atoms with Gasteiger partial charge in [-0.3, -0.25) is 9.37 Å². The van der Waals surface area contributed by atoms with Crippen molar-refractivity contribution in [3.63, 3.8) is 0 Å². The number of carbonyl (C=O) groups is 1. The quantitative estimate of drug-likeness (QED) is 0.296. The molecule has 0 aromatic rings. The first-order valence-electron chi connectivity index (χ1n) is 6.21. The molecule has 0 aliphatic carbocycles. The minimum absolute atomic E-state index is 0.0188. The molecule has 19 heavy (non-hydrogen) atoms. The Morgan fingerprint density at radius 1 is 1.21 bits per heavy atom. The van der Waals surface area contributed by atoms with Crippen molar-refractivity contribution in [2.24, 2.45) is 0 Å². The SMILES string of the molecule is COOCC(CC(=O)OC)OO[Si](C)(C)C(C)(C)C. The molecular weight excluding hydrogens is 268 g/mol. The number of methoxy groups -OCH3 is 1. The van der Waals surface area contributed by atoms with Gasteiger partial charge in [0.05, 0.1) is 20.6 Å². The van der Waals surface area contributed by atoms with E-state index in [0.29, 0.717) is 0 Å². The van der Waals surface area contributed by atoms with Crippen LogP contribution in [-0.4, -0.2) is 41.2 Å². The van der Waals surface area contributed by atoms with Gasteiger partial charge in [0, 0.05) is 0 Å². The molecule has 7 heteroatoms. The van der Waals surface area contributed by atoms with Gasteiger partial charge in [-0.2, -0.15) is 0 Å². The Hall–Kier alpha value is -0.473. The molecule has 1 unspecified atom stereocenters. The highest BCUT2D eigenvalue weighted by molar-refractivity contribution is 6.73. The summed E-state index contributed by atoms with van der Waals surface area (Å²) in [7, 11) is 0.679. The molecule has 6 nitrogen and oxygen atoms in total. The Morgan fingerprint density at radius 2 is 1.79 bits per heavy atom. The van der Waals surface area contributed by atoms with E-state index in [2.05, 4.69) is 43.5 Å². The van der Waals surface area contributed by atoms with E-state index in [-0.39, 0.29) is 24.0 Å². The van der Waals surface area contributed by atoms with Crippen LogP contribution in [0.4, 0.5) is 0 Å². The molecule has 114 valence electrons. The van der Waals surface area contributed by atoms with Gasteiger partial charge in [-0.1, -0.05) is 20.8 Å². The Morgan fingerprint density at radius 3 is 2.21 bits per heavy atom. The molecule has 0 N–H and O–H groups in total. The van der Waals surface area contributed by atoms with E-state index in [1.165, 1.54) is 14.2 Å². The van der Waals surface area contributed by atoms with Gasteiger partial charge < -0.3 is 4.74 Å². The van der Waals surface area contributed by atoms with E-state index < -0.39 is 14.4 Å². The molecule has 0 saturated carbocycles. The molecular formula is C12H26O6Si. The van der Waals surface area contributed by atoms with E-state index in [9.17, 15) is 4.79 Å². The zero-order valence-electron chi connectivity index (χ0n) is 12.9. The second-order valence-corrected chi connectivity index (χ2v) is 10.5. The van der Waals surface area contributed by atoms with Gasteiger partial charge in [-0.25, -0.2) is 14.7 Å². The van der Waals surface area contributed by atoms with E-state index >= 15 is 0 Å². The number of hydrogen-bond donors (Lipinski definition) is 0. The van der Waals surface area contributed by atoms with E-state index in [0.717, 1.165) is 0 Å². The van der Waals surface area contributed by atoms with Crippen LogP contribution in [0.5, 0.6) is 0 Å².